The first-order valence-corrected chi connectivity index (χ1v) is 6.44. The van der Waals surface area contributed by atoms with E-state index in [1.807, 2.05) is 6.07 Å². The van der Waals surface area contributed by atoms with Gasteiger partial charge in [0.2, 0.25) is 0 Å². The largest absolute Gasteiger partial charge is 0.486 e. The number of para-hydroxylation sites is 1. The van der Waals surface area contributed by atoms with Crippen molar-refractivity contribution in [1.29, 1.82) is 0 Å². The molecule has 3 rings (SSSR count). The summed E-state index contributed by atoms with van der Waals surface area (Å²) < 4.78 is 6.04. The molecule has 92 valence electrons. The summed E-state index contributed by atoms with van der Waals surface area (Å²) in [5.41, 5.74) is 1.61. The molecule has 2 nitrogen and oxygen atoms in total. The molecule has 0 radical (unpaired) electrons. The molecule has 0 aromatic heterocycles. The lowest BCUT2D eigenvalue weighted by atomic mass is 9.94. The van der Waals surface area contributed by atoms with Gasteiger partial charge in [0.1, 0.15) is 11.4 Å². The summed E-state index contributed by atoms with van der Waals surface area (Å²) in [6.07, 6.45) is 1.27. The number of fused-ring (bicyclic) bond motifs is 1. The van der Waals surface area contributed by atoms with Crippen molar-refractivity contribution in [3.63, 3.8) is 0 Å². The van der Waals surface area contributed by atoms with Crippen LogP contribution >= 0.6 is 0 Å². The van der Waals surface area contributed by atoms with Crippen molar-refractivity contribution < 1.29 is 4.74 Å². The van der Waals surface area contributed by atoms with Gasteiger partial charge in [-0.25, -0.2) is 0 Å². The van der Waals surface area contributed by atoms with E-state index in [-0.39, 0.29) is 5.60 Å². The third kappa shape index (κ3) is 1.75. The maximum absolute atomic E-state index is 6.04. The van der Waals surface area contributed by atoms with Crippen molar-refractivity contribution in [3.8, 4) is 5.75 Å². The summed E-state index contributed by atoms with van der Waals surface area (Å²) in [7, 11) is 0. The molecule has 1 saturated carbocycles. The summed E-state index contributed by atoms with van der Waals surface area (Å²) in [6.45, 7) is 8.97. The summed E-state index contributed by atoms with van der Waals surface area (Å²) in [4.78, 5) is 0. The van der Waals surface area contributed by atoms with E-state index in [9.17, 15) is 0 Å². The van der Waals surface area contributed by atoms with E-state index < -0.39 is 0 Å². The van der Waals surface area contributed by atoms with Crippen LogP contribution in [0.1, 0.15) is 45.7 Å². The molecule has 0 amide bonds. The highest BCUT2D eigenvalue weighted by molar-refractivity contribution is 5.42. The molecule has 1 aromatic rings. The van der Waals surface area contributed by atoms with Crippen LogP contribution in [-0.2, 0) is 0 Å². The molecule has 0 bridgehead atoms. The van der Waals surface area contributed by atoms with Gasteiger partial charge in [-0.2, -0.15) is 0 Å². The van der Waals surface area contributed by atoms with Gasteiger partial charge in [0, 0.05) is 11.6 Å². The molecule has 2 heteroatoms. The predicted octanol–water partition coefficient (Wildman–Crippen LogP) is 3.29. The van der Waals surface area contributed by atoms with Crippen LogP contribution in [0.2, 0.25) is 0 Å². The smallest absolute Gasteiger partial charge is 0.125 e. The highest BCUT2D eigenvalue weighted by Gasteiger charge is 2.50. The van der Waals surface area contributed by atoms with E-state index in [4.69, 9.17) is 4.74 Å². The Bertz CT molecular complexity index is 450. The van der Waals surface area contributed by atoms with Crippen LogP contribution in [0.5, 0.6) is 5.75 Å². The maximum Gasteiger partial charge on any atom is 0.125 e. The highest BCUT2D eigenvalue weighted by Crippen LogP contribution is 2.49. The van der Waals surface area contributed by atoms with E-state index in [2.05, 4.69) is 51.2 Å². The second-order valence-electron chi connectivity index (χ2n) is 6.59. The van der Waals surface area contributed by atoms with Gasteiger partial charge in [-0.1, -0.05) is 32.0 Å². The molecular formula is C15H21NO. The van der Waals surface area contributed by atoms with Crippen LogP contribution in [0.15, 0.2) is 24.3 Å². The summed E-state index contributed by atoms with van der Waals surface area (Å²) >= 11 is 0. The van der Waals surface area contributed by atoms with Gasteiger partial charge < -0.3 is 10.1 Å². The van der Waals surface area contributed by atoms with Crippen molar-refractivity contribution in [3.05, 3.63) is 29.8 Å². The Morgan fingerprint density at radius 2 is 1.82 bits per heavy atom. The second kappa shape index (κ2) is 3.26. The van der Waals surface area contributed by atoms with Gasteiger partial charge >= 0.3 is 0 Å². The number of hydrogen-bond acceptors (Lipinski definition) is 2. The third-order valence-electron chi connectivity index (χ3n) is 4.18. The molecule has 1 aliphatic carbocycles. The van der Waals surface area contributed by atoms with Gasteiger partial charge in [-0.05, 0) is 31.7 Å². The minimum atomic E-state index is -0.150. The standard InChI is InChI=1S/C15H21NO/c1-14(2)9-12(14)16-13-10-7-5-6-8-11(10)17-15(13,3)4/h5-8,12-13,16H,9H2,1-4H3. The lowest BCUT2D eigenvalue weighted by Gasteiger charge is -2.28. The second-order valence-corrected chi connectivity index (χ2v) is 6.59. The number of benzene rings is 1. The summed E-state index contributed by atoms with van der Waals surface area (Å²) in [5, 5.41) is 3.76. The molecule has 1 aliphatic heterocycles. The summed E-state index contributed by atoms with van der Waals surface area (Å²) in [5.74, 6) is 1.04. The monoisotopic (exact) mass is 231 g/mol. The van der Waals surface area contributed by atoms with E-state index in [1.54, 1.807) is 0 Å². The lowest BCUT2D eigenvalue weighted by Crippen LogP contribution is -2.41. The molecule has 1 N–H and O–H groups in total. The first kappa shape index (κ1) is 11.1. The lowest BCUT2D eigenvalue weighted by molar-refractivity contribution is 0.0942. The fraction of sp³-hybridized carbons (Fsp3) is 0.600. The molecule has 17 heavy (non-hydrogen) atoms. The van der Waals surface area contributed by atoms with Crippen LogP contribution in [0.4, 0.5) is 0 Å². The number of nitrogens with one attached hydrogen (secondary N) is 1. The zero-order valence-electron chi connectivity index (χ0n) is 11.1. The molecule has 1 aromatic carbocycles. The first-order valence-electron chi connectivity index (χ1n) is 6.44. The van der Waals surface area contributed by atoms with Gasteiger partial charge in [0.15, 0.2) is 0 Å². The fourth-order valence-corrected chi connectivity index (χ4v) is 2.77. The Balaban J connectivity index is 1.87. The number of ether oxygens (including phenoxy) is 1. The Morgan fingerprint density at radius 1 is 1.18 bits per heavy atom. The Kier molecular flexibility index (Phi) is 2.13. The van der Waals surface area contributed by atoms with Crippen LogP contribution in [0.3, 0.4) is 0 Å². The number of rotatable bonds is 2. The van der Waals surface area contributed by atoms with E-state index >= 15 is 0 Å². The molecule has 1 heterocycles. The molecule has 0 saturated heterocycles. The zero-order valence-corrected chi connectivity index (χ0v) is 11.1. The van der Waals surface area contributed by atoms with Crippen molar-refractivity contribution >= 4 is 0 Å². The SMILES string of the molecule is CC1(C)CC1NC1c2ccccc2OC1(C)C. The topological polar surface area (TPSA) is 21.3 Å². The third-order valence-corrected chi connectivity index (χ3v) is 4.18. The Labute approximate surface area is 103 Å². The van der Waals surface area contributed by atoms with Crippen LogP contribution in [-0.4, -0.2) is 11.6 Å². The van der Waals surface area contributed by atoms with Crippen molar-refractivity contribution in [2.75, 3.05) is 0 Å². The zero-order chi connectivity index (χ0) is 12.3. The molecule has 0 spiro atoms. The number of hydrogen-bond donors (Lipinski definition) is 1. The van der Waals surface area contributed by atoms with E-state index in [0.29, 0.717) is 17.5 Å². The fourth-order valence-electron chi connectivity index (χ4n) is 2.77. The van der Waals surface area contributed by atoms with E-state index in [0.717, 1.165) is 5.75 Å². The van der Waals surface area contributed by atoms with Crippen LogP contribution < -0.4 is 10.1 Å². The maximum atomic E-state index is 6.04. The van der Waals surface area contributed by atoms with Gasteiger partial charge in [-0.15, -0.1) is 0 Å². The molecular weight excluding hydrogens is 210 g/mol. The first-order chi connectivity index (χ1) is 7.90. The highest BCUT2D eigenvalue weighted by atomic mass is 16.5. The van der Waals surface area contributed by atoms with E-state index in [1.165, 1.54) is 12.0 Å². The molecule has 1 fully saturated rings. The molecule has 2 unspecified atom stereocenters. The average molecular weight is 231 g/mol. The summed E-state index contributed by atoms with van der Waals surface area (Å²) in [6, 6.07) is 9.31. The Hall–Kier alpha value is -1.02. The van der Waals surface area contributed by atoms with Gasteiger partial charge in [0.05, 0.1) is 6.04 Å². The van der Waals surface area contributed by atoms with Crippen molar-refractivity contribution in [2.45, 2.75) is 51.8 Å². The van der Waals surface area contributed by atoms with Crippen molar-refractivity contribution in [1.82, 2.24) is 5.32 Å². The average Bonchev–Trinajstić information content (AvgIpc) is 2.73. The van der Waals surface area contributed by atoms with Gasteiger partial charge in [-0.3, -0.25) is 0 Å². The predicted molar refractivity (Wildman–Crippen MR) is 69.2 cm³/mol. The Morgan fingerprint density at radius 3 is 2.47 bits per heavy atom. The quantitative estimate of drug-likeness (QED) is 0.843. The minimum Gasteiger partial charge on any atom is -0.486 e. The van der Waals surface area contributed by atoms with Crippen LogP contribution in [0.25, 0.3) is 0 Å². The minimum absolute atomic E-state index is 0.150. The van der Waals surface area contributed by atoms with Crippen molar-refractivity contribution in [2.24, 2.45) is 5.41 Å². The normalized spacial score (nSPS) is 31.8. The molecule has 2 atom stereocenters. The van der Waals surface area contributed by atoms with Crippen LogP contribution in [0, 0.1) is 5.41 Å². The molecule has 2 aliphatic rings. The van der Waals surface area contributed by atoms with Gasteiger partial charge in [0.25, 0.3) is 0 Å².